The van der Waals surface area contributed by atoms with Gasteiger partial charge in [-0.2, -0.15) is 0 Å². The summed E-state index contributed by atoms with van der Waals surface area (Å²) in [5.41, 5.74) is -1.48. The number of nitrogens with one attached hydrogen (secondary N) is 1. The van der Waals surface area contributed by atoms with Crippen molar-refractivity contribution in [2.24, 2.45) is 0 Å². The second kappa shape index (κ2) is 6.39. The maximum atomic E-state index is 13.5. The Morgan fingerprint density at radius 1 is 0.760 bits per heavy atom. The summed E-state index contributed by atoms with van der Waals surface area (Å²) in [5, 5.41) is 3.11. The molecular weight excluding hydrogens is 345 g/mol. The molecule has 0 aliphatic carbocycles. The molecule has 0 aliphatic rings. The van der Waals surface area contributed by atoms with Crippen LogP contribution in [0.25, 0.3) is 10.8 Å². The van der Waals surface area contributed by atoms with Gasteiger partial charge >= 0.3 is 6.09 Å². The molecule has 3 aromatic rings. The van der Waals surface area contributed by atoms with E-state index in [1.54, 1.807) is 24.3 Å². The summed E-state index contributed by atoms with van der Waals surface area (Å²) in [6.07, 6.45) is -1.40. The number of ether oxygens (including phenoxy) is 1. The van der Waals surface area contributed by atoms with Crippen molar-refractivity contribution in [1.82, 2.24) is 0 Å². The number of halogens is 5. The quantitative estimate of drug-likeness (QED) is 0.393. The predicted octanol–water partition coefficient (Wildman–Crippen LogP) is 5.15. The molecular formula is C17H8F5NO2. The number of hydrogen-bond acceptors (Lipinski definition) is 2. The number of amides is 1. The van der Waals surface area contributed by atoms with E-state index in [0.29, 0.717) is 0 Å². The van der Waals surface area contributed by atoms with Crippen molar-refractivity contribution in [3.63, 3.8) is 0 Å². The molecule has 3 nitrogen and oxygen atoms in total. The molecule has 0 spiro atoms. The van der Waals surface area contributed by atoms with Gasteiger partial charge in [0.1, 0.15) is 11.4 Å². The Labute approximate surface area is 137 Å². The normalized spacial score (nSPS) is 10.8. The minimum Gasteiger partial charge on any atom is -0.410 e. The molecule has 0 radical (unpaired) electrons. The third-order valence-electron chi connectivity index (χ3n) is 3.37. The number of carbonyl (C=O) groups excluding carboxylic acids is 1. The van der Waals surface area contributed by atoms with Gasteiger partial charge in [-0.1, -0.05) is 30.3 Å². The predicted molar refractivity (Wildman–Crippen MR) is 79.8 cm³/mol. The molecule has 3 aromatic carbocycles. The summed E-state index contributed by atoms with van der Waals surface area (Å²) < 4.78 is 71.0. The van der Waals surface area contributed by atoms with Gasteiger partial charge in [0.2, 0.25) is 5.82 Å². The fourth-order valence-corrected chi connectivity index (χ4v) is 2.18. The van der Waals surface area contributed by atoms with Crippen LogP contribution < -0.4 is 10.1 Å². The van der Waals surface area contributed by atoms with Gasteiger partial charge in [-0.25, -0.2) is 26.7 Å². The van der Waals surface area contributed by atoms with Crippen LogP contribution in [0.15, 0.2) is 42.5 Å². The fourth-order valence-electron chi connectivity index (χ4n) is 2.18. The Bertz CT molecular complexity index is 961. The summed E-state index contributed by atoms with van der Waals surface area (Å²) in [6.45, 7) is 0. The van der Waals surface area contributed by atoms with E-state index in [0.717, 1.165) is 10.8 Å². The van der Waals surface area contributed by atoms with Crippen molar-refractivity contribution in [2.75, 3.05) is 5.32 Å². The molecule has 128 valence electrons. The molecule has 8 heteroatoms. The first-order chi connectivity index (χ1) is 11.9. The van der Waals surface area contributed by atoms with Gasteiger partial charge in [0.25, 0.3) is 0 Å². The smallest absolute Gasteiger partial charge is 0.410 e. The van der Waals surface area contributed by atoms with Crippen LogP contribution in [0.4, 0.5) is 32.4 Å². The van der Waals surface area contributed by atoms with Crippen molar-refractivity contribution < 1.29 is 31.5 Å². The first kappa shape index (κ1) is 16.7. The lowest BCUT2D eigenvalue weighted by Gasteiger charge is -2.10. The van der Waals surface area contributed by atoms with Crippen LogP contribution in [0, 0.1) is 29.1 Å². The summed E-state index contributed by atoms with van der Waals surface area (Å²) in [6, 6.07) is 11.6. The first-order valence-electron chi connectivity index (χ1n) is 6.87. The van der Waals surface area contributed by atoms with Crippen LogP contribution in [0.3, 0.4) is 0 Å². The topological polar surface area (TPSA) is 38.3 Å². The van der Waals surface area contributed by atoms with Crippen LogP contribution in [-0.4, -0.2) is 6.09 Å². The molecule has 0 fully saturated rings. The average Bonchev–Trinajstić information content (AvgIpc) is 2.62. The van der Waals surface area contributed by atoms with Gasteiger partial charge in [0, 0.05) is 0 Å². The molecule has 0 saturated heterocycles. The Morgan fingerprint density at radius 3 is 1.96 bits per heavy atom. The number of hydrogen-bond donors (Lipinski definition) is 1. The van der Waals surface area contributed by atoms with E-state index in [-0.39, 0.29) is 5.75 Å². The van der Waals surface area contributed by atoms with E-state index in [1.807, 2.05) is 6.07 Å². The van der Waals surface area contributed by atoms with Crippen molar-refractivity contribution >= 4 is 22.6 Å². The van der Waals surface area contributed by atoms with Crippen LogP contribution in [0.1, 0.15) is 0 Å². The molecule has 0 bridgehead atoms. The van der Waals surface area contributed by atoms with Gasteiger partial charge < -0.3 is 4.74 Å². The Morgan fingerprint density at radius 2 is 1.32 bits per heavy atom. The molecule has 1 amide bonds. The minimum atomic E-state index is -2.32. The lowest BCUT2D eigenvalue weighted by atomic mass is 10.1. The molecule has 0 aromatic heterocycles. The van der Waals surface area contributed by atoms with Gasteiger partial charge in [-0.15, -0.1) is 0 Å². The highest BCUT2D eigenvalue weighted by molar-refractivity contribution is 5.88. The molecule has 0 aliphatic heterocycles. The summed E-state index contributed by atoms with van der Waals surface area (Å²) >= 11 is 0. The molecule has 1 N–H and O–H groups in total. The lowest BCUT2D eigenvalue weighted by molar-refractivity contribution is 0.215. The Balaban J connectivity index is 1.85. The third kappa shape index (κ3) is 3.10. The summed E-state index contributed by atoms with van der Waals surface area (Å²) in [4.78, 5) is 11.7. The standard InChI is InChI=1S/C17H8F5NO2/c18-11-12(19)14(21)16(15(22)13(11)20)23-17(24)25-10-6-5-8-3-1-2-4-9(8)7-10/h1-7H,(H,23,24). The van der Waals surface area contributed by atoms with Crippen LogP contribution in [0.5, 0.6) is 5.75 Å². The number of anilines is 1. The Hall–Kier alpha value is -3.16. The summed E-state index contributed by atoms with van der Waals surface area (Å²) in [5.74, 6) is -10.9. The van der Waals surface area contributed by atoms with Crippen LogP contribution >= 0.6 is 0 Å². The highest BCUT2D eigenvalue weighted by Crippen LogP contribution is 2.27. The monoisotopic (exact) mass is 353 g/mol. The largest absolute Gasteiger partial charge is 0.417 e. The van der Waals surface area contributed by atoms with E-state index in [9.17, 15) is 26.7 Å². The van der Waals surface area contributed by atoms with E-state index < -0.39 is 40.9 Å². The molecule has 25 heavy (non-hydrogen) atoms. The zero-order valence-corrected chi connectivity index (χ0v) is 12.2. The molecule has 0 unspecified atom stereocenters. The molecule has 0 heterocycles. The second-order valence-electron chi connectivity index (χ2n) is 4.97. The van der Waals surface area contributed by atoms with E-state index >= 15 is 0 Å². The van der Waals surface area contributed by atoms with Crippen LogP contribution in [0.2, 0.25) is 0 Å². The number of carbonyl (C=O) groups is 1. The van der Waals surface area contributed by atoms with Crippen molar-refractivity contribution in [2.45, 2.75) is 0 Å². The average molecular weight is 353 g/mol. The van der Waals surface area contributed by atoms with Crippen molar-refractivity contribution in [3.05, 3.63) is 71.6 Å². The summed E-state index contributed by atoms with van der Waals surface area (Å²) in [7, 11) is 0. The first-order valence-corrected chi connectivity index (χ1v) is 6.87. The maximum Gasteiger partial charge on any atom is 0.417 e. The van der Waals surface area contributed by atoms with Gasteiger partial charge in [-0.3, -0.25) is 5.32 Å². The zero-order valence-electron chi connectivity index (χ0n) is 12.2. The molecule has 0 atom stereocenters. The third-order valence-corrected chi connectivity index (χ3v) is 3.37. The van der Waals surface area contributed by atoms with Gasteiger partial charge in [0.05, 0.1) is 0 Å². The maximum absolute atomic E-state index is 13.5. The van der Waals surface area contributed by atoms with Crippen LogP contribution in [-0.2, 0) is 0 Å². The highest BCUT2D eigenvalue weighted by Gasteiger charge is 2.27. The SMILES string of the molecule is O=C(Nc1c(F)c(F)c(F)c(F)c1F)Oc1ccc2ccccc2c1. The van der Waals surface area contributed by atoms with Gasteiger partial charge in [-0.05, 0) is 22.9 Å². The van der Waals surface area contributed by atoms with E-state index in [2.05, 4.69) is 0 Å². The fraction of sp³-hybridized carbons (Fsp3) is 0. The minimum absolute atomic E-state index is 0.0278. The molecule has 0 saturated carbocycles. The number of benzene rings is 3. The number of rotatable bonds is 2. The molecule has 3 rings (SSSR count). The van der Waals surface area contributed by atoms with Gasteiger partial charge in [0.15, 0.2) is 23.3 Å². The lowest BCUT2D eigenvalue weighted by Crippen LogP contribution is -2.20. The van der Waals surface area contributed by atoms with Crippen molar-refractivity contribution in [1.29, 1.82) is 0 Å². The van der Waals surface area contributed by atoms with E-state index in [1.165, 1.54) is 17.4 Å². The van der Waals surface area contributed by atoms with Crippen molar-refractivity contribution in [3.8, 4) is 5.75 Å². The second-order valence-corrected chi connectivity index (χ2v) is 4.97. The number of fused-ring (bicyclic) bond motifs is 1. The Kier molecular flexibility index (Phi) is 4.26. The van der Waals surface area contributed by atoms with E-state index in [4.69, 9.17) is 4.74 Å². The zero-order chi connectivity index (χ0) is 18.1. The highest BCUT2D eigenvalue weighted by atomic mass is 19.2.